The van der Waals surface area contributed by atoms with Gasteiger partial charge in [0.25, 0.3) is 0 Å². The molecule has 0 radical (unpaired) electrons. The van der Waals surface area contributed by atoms with Gasteiger partial charge in [0.1, 0.15) is 16.7 Å². The maximum Gasteiger partial charge on any atom is 0.345 e. The summed E-state index contributed by atoms with van der Waals surface area (Å²) in [7, 11) is 0.218. The van der Waals surface area contributed by atoms with Crippen molar-refractivity contribution in [3.8, 4) is 5.75 Å². The average molecular weight is 476 g/mol. The van der Waals surface area contributed by atoms with E-state index in [0.717, 1.165) is 22.1 Å². The number of carboxylic acids is 1. The first-order chi connectivity index (χ1) is 15.5. The van der Waals surface area contributed by atoms with Crippen LogP contribution in [0, 0.1) is 0 Å². The maximum atomic E-state index is 12.5. The van der Waals surface area contributed by atoms with Gasteiger partial charge in [0.2, 0.25) is 0 Å². The van der Waals surface area contributed by atoms with Gasteiger partial charge in [-0.25, -0.2) is 9.88 Å². The highest BCUT2D eigenvalue weighted by atomic mass is 32.1. The third kappa shape index (κ3) is 6.74. The summed E-state index contributed by atoms with van der Waals surface area (Å²) in [5.41, 5.74) is 0.972. The van der Waals surface area contributed by atoms with E-state index in [0.29, 0.717) is 23.4 Å². The van der Waals surface area contributed by atoms with Gasteiger partial charge < -0.3 is 19.1 Å². The van der Waals surface area contributed by atoms with Gasteiger partial charge in [0, 0.05) is 18.0 Å². The maximum absolute atomic E-state index is 12.5. The van der Waals surface area contributed by atoms with Crippen LogP contribution in [0.5, 0.6) is 5.75 Å². The number of fused-ring (bicyclic) bond motifs is 1. The zero-order chi connectivity index (χ0) is 22.9. The number of aromatic carboxylic acids is 1. The fourth-order valence-electron chi connectivity index (χ4n) is 2.98. The number of carbonyl (C=O) groups excluding carboxylic acids is 1. The third-order valence-electron chi connectivity index (χ3n) is 4.44. The number of para-hydroxylation sites is 1. The van der Waals surface area contributed by atoms with Crippen molar-refractivity contribution in [1.29, 1.82) is 0 Å². The Morgan fingerprint density at radius 2 is 1.94 bits per heavy atom. The minimum atomic E-state index is -1.32. The van der Waals surface area contributed by atoms with Crippen LogP contribution < -0.4 is 9.61 Å². The standard InChI is InChI=1S/C23H26NO6PS/c1-3-11-29-23(27)19(14-28-2)24-31(30-18-7-5-4-6-8-18)15-16-9-10-20-17(12-16)13-21(32-20)22(25)26/h4-10,12-13,19,24H,3,11,14-15H2,1-2H3,(H,25,26). The quantitative estimate of drug-likeness (QED) is 0.280. The molecular formula is C23H26NO6PS. The average Bonchev–Trinajstić information content (AvgIpc) is 3.21. The van der Waals surface area contributed by atoms with Crippen LogP contribution in [0.15, 0.2) is 54.6 Å². The summed E-state index contributed by atoms with van der Waals surface area (Å²) >= 11 is 1.25. The van der Waals surface area contributed by atoms with E-state index in [-0.39, 0.29) is 12.6 Å². The Morgan fingerprint density at radius 1 is 1.16 bits per heavy atom. The molecule has 0 bridgehead atoms. The van der Waals surface area contributed by atoms with Gasteiger partial charge in [-0.05, 0) is 47.7 Å². The SMILES string of the molecule is CCCOC(=O)C(COC)NP(Cc1ccc2sc(C(=O)O)cc2c1)Oc1ccccc1. The molecule has 170 valence electrons. The number of hydrogen-bond donors (Lipinski definition) is 2. The molecule has 2 atom stereocenters. The van der Waals surface area contributed by atoms with Crippen molar-refractivity contribution in [1.82, 2.24) is 5.09 Å². The molecule has 0 spiro atoms. The van der Waals surface area contributed by atoms with E-state index >= 15 is 0 Å². The predicted molar refractivity (Wildman–Crippen MR) is 127 cm³/mol. The van der Waals surface area contributed by atoms with E-state index < -0.39 is 20.3 Å². The van der Waals surface area contributed by atoms with Crippen molar-refractivity contribution in [2.45, 2.75) is 25.5 Å². The van der Waals surface area contributed by atoms with Crippen molar-refractivity contribution >= 4 is 41.7 Å². The summed E-state index contributed by atoms with van der Waals surface area (Å²) in [6.45, 7) is 2.44. The first kappa shape index (κ1) is 24.1. The molecule has 0 aliphatic heterocycles. The zero-order valence-electron chi connectivity index (χ0n) is 17.9. The number of esters is 1. The third-order valence-corrected chi connectivity index (χ3v) is 7.23. The summed E-state index contributed by atoms with van der Waals surface area (Å²) in [5, 5.41) is 13.4. The van der Waals surface area contributed by atoms with Crippen LogP contribution in [-0.4, -0.2) is 43.4 Å². The van der Waals surface area contributed by atoms with Gasteiger partial charge >= 0.3 is 11.9 Å². The molecule has 2 N–H and O–H groups in total. The Morgan fingerprint density at radius 3 is 2.62 bits per heavy atom. The second kappa shape index (κ2) is 11.9. The molecule has 1 heterocycles. The summed E-state index contributed by atoms with van der Waals surface area (Å²) in [6.07, 6.45) is 1.25. The molecule has 0 amide bonds. The molecular weight excluding hydrogens is 449 g/mol. The number of hydrogen-bond acceptors (Lipinski definition) is 7. The Bertz CT molecular complexity index is 1040. The number of carboxylic acid groups (broad SMARTS) is 1. The van der Waals surface area contributed by atoms with Crippen LogP contribution in [0.3, 0.4) is 0 Å². The minimum absolute atomic E-state index is 0.158. The van der Waals surface area contributed by atoms with E-state index in [9.17, 15) is 14.7 Å². The van der Waals surface area contributed by atoms with Crippen molar-refractivity contribution in [2.24, 2.45) is 0 Å². The van der Waals surface area contributed by atoms with Gasteiger partial charge in [0.05, 0.1) is 13.2 Å². The summed E-state index contributed by atoms with van der Waals surface area (Å²) in [5.74, 6) is -0.622. The van der Waals surface area contributed by atoms with Crippen molar-refractivity contribution < 1.29 is 28.7 Å². The van der Waals surface area contributed by atoms with Gasteiger partial charge in [-0.1, -0.05) is 31.2 Å². The molecule has 0 saturated carbocycles. The highest BCUT2D eigenvalue weighted by Gasteiger charge is 2.25. The highest BCUT2D eigenvalue weighted by molar-refractivity contribution is 7.50. The molecule has 9 heteroatoms. The number of nitrogens with one attached hydrogen (secondary N) is 1. The lowest BCUT2D eigenvalue weighted by Gasteiger charge is -2.24. The minimum Gasteiger partial charge on any atom is -0.477 e. The van der Waals surface area contributed by atoms with Crippen LogP contribution >= 0.6 is 19.6 Å². The number of methoxy groups -OCH3 is 1. The number of rotatable bonds is 12. The van der Waals surface area contributed by atoms with Crippen LogP contribution in [0.1, 0.15) is 28.6 Å². The van der Waals surface area contributed by atoms with E-state index in [4.69, 9.17) is 14.0 Å². The van der Waals surface area contributed by atoms with E-state index in [2.05, 4.69) is 5.09 Å². The van der Waals surface area contributed by atoms with Crippen LogP contribution in [-0.2, 0) is 20.4 Å². The molecule has 1 aromatic heterocycles. The van der Waals surface area contributed by atoms with Crippen LogP contribution in [0.4, 0.5) is 0 Å². The topological polar surface area (TPSA) is 94.1 Å². The molecule has 0 saturated heterocycles. The highest BCUT2D eigenvalue weighted by Crippen LogP contribution is 2.39. The predicted octanol–water partition coefficient (Wildman–Crippen LogP) is 5.05. The van der Waals surface area contributed by atoms with E-state index in [1.807, 2.05) is 55.5 Å². The molecule has 2 aromatic carbocycles. The molecule has 0 fully saturated rings. The Kier molecular flexibility index (Phi) is 9.00. The van der Waals surface area contributed by atoms with Gasteiger partial charge in [-0.3, -0.25) is 4.79 Å². The van der Waals surface area contributed by atoms with E-state index in [1.54, 1.807) is 6.07 Å². The van der Waals surface area contributed by atoms with Crippen molar-refractivity contribution in [3.63, 3.8) is 0 Å². The summed E-state index contributed by atoms with van der Waals surface area (Å²) in [6, 6.07) is 16.2. The van der Waals surface area contributed by atoms with Gasteiger partial charge in [-0.15, -0.1) is 11.3 Å². The fraction of sp³-hybridized carbons (Fsp3) is 0.304. The smallest absolute Gasteiger partial charge is 0.345 e. The molecule has 3 rings (SSSR count). The molecule has 32 heavy (non-hydrogen) atoms. The molecule has 0 aliphatic rings. The molecule has 0 aliphatic carbocycles. The van der Waals surface area contributed by atoms with E-state index in [1.165, 1.54) is 18.4 Å². The first-order valence-electron chi connectivity index (χ1n) is 10.2. The van der Waals surface area contributed by atoms with Gasteiger partial charge in [0.15, 0.2) is 8.30 Å². The number of benzene rings is 2. The fourth-order valence-corrected chi connectivity index (χ4v) is 5.50. The van der Waals surface area contributed by atoms with Crippen molar-refractivity contribution in [2.75, 3.05) is 20.3 Å². The number of ether oxygens (including phenoxy) is 2. The lowest BCUT2D eigenvalue weighted by Crippen LogP contribution is -2.39. The number of carbonyl (C=O) groups is 2. The summed E-state index contributed by atoms with van der Waals surface area (Å²) < 4.78 is 17.6. The molecule has 2 unspecified atom stereocenters. The monoisotopic (exact) mass is 475 g/mol. The molecule has 7 nitrogen and oxygen atoms in total. The lowest BCUT2D eigenvalue weighted by atomic mass is 10.2. The largest absolute Gasteiger partial charge is 0.477 e. The van der Waals surface area contributed by atoms with Crippen molar-refractivity contribution in [3.05, 3.63) is 65.0 Å². The second-order valence-electron chi connectivity index (χ2n) is 7.03. The Labute approximate surface area is 192 Å². The van der Waals surface area contributed by atoms with Gasteiger partial charge in [-0.2, -0.15) is 0 Å². The normalized spacial score (nSPS) is 12.9. The first-order valence-corrected chi connectivity index (χ1v) is 12.4. The van der Waals surface area contributed by atoms with Crippen LogP contribution in [0.2, 0.25) is 0 Å². The lowest BCUT2D eigenvalue weighted by molar-refractivity contribution is -0.147. The Balaban J connectivity index is 1.82. The second-order valence-corrected chi connectivity index (χ2v) is 9.63. The Hall–Kier alpha value is -2.51. The zero-order valence-corrected chi connectivity index (χ0v) is 19.7. The molecule has 3 aromatic rings. The number of thiophene rings is 1. The van der Waals surface area contributed by atoms with Crippen LogP contribution in [0.25, 0.3) is 10.1 Å². The summed E-state index contributed by atoms with van der Waals surface area (Å²) in [4.78, 5) is 24.1.